The van der Waals surface area contributed by atoms with E-state index in [0.717, 1.165) is 23.9 Å². The van der Waals surface area contributed by atoms with E-state index in [-0.39, 0.29) is 18.2 Å². The van der Waals surface area contributed by atoms with Gasteiger partial charge in [0.25, 0.3) is 5.89 Å². The number of nitrogens with zero attached hydrogens (tertiary/aromatic N) is 2. The first-order valence-corrected chi connectivity index (χ1v) is 7.47. The lowest BCUT2D eigenvalue weighted by atomic mass is 10.0. The molecule has 6 heteroatoms. The third kappa shape index (κ3) is 2.52. The normalized spacial score (nSPS) is 13.2. The van der Waals surface area contributed by atoms with Crippen LogP contribution in [0.5, 0.6) is 0 Å². The molecule has 23 heavy (non-hydrogen) atoms. The summed E-state index contributed by atoms with van der Waals surface area (Å²) in [6, 6.07) is 9.03. The molecular formula is C17H14N2O4. The second kappa shape index (κ2) is 5.39. The van der Waals surface area contributed by atoms with Gasteiger partial charge in [-0.1, -0.05) is 12.1 Å². The molecule has 0 bridgehead atoms. The standard InChI is InChI=1S/C17H14N2O4/c20-14(13-7-6-11-3-1-4-12(11)9-13)10-19-17(21)23-16(18-19)15-5-2-8-22-15/h2,5-9H,1,3-4,10H2. The lowest BCUT2D eigenvalue weighted by molar-refractivity contribution is 0.0965. The highest BCUT2D eigenvalue weighted by atomic mass is 16.4. The van der Waals surface area contributed by atoms with E-state index in [0.29, 0.717) is 11.3 Å². The third-order valence-corrected chi connectivity index (χ3v) is 4.05. The van der Waals surface area contributed by atoms with Gasteiger partial charge in [-0.05, 0) is 48.6 Å². The fourth-order valence-electron chi connectivity index (χ4n) is 2.88. The van der Waals surface area contributed by atoms with E-state index in [2.05, 4.69) is 5.10 Å². The van der Waals surface area contributed by atoms with Gasteiger partial charge in [0.1, 0.15) is 6.54 Å². The highest BCUT2D eigenvalue weighted by Crippen LogP contribution is 2.23. The number of carbonyl (C=O) groups excluding carboxylic acids is 1. The Morgan fingerprint density at radius 1 is 1.22 bits per heavy atom. The van der Waals surface area contributed by atoms with Crippen molar-refractivity contribution in [3.63, 3.8) is 0 Å². The smallest absolute Gasteiger partial charge is 0.437 e. The average Bonchev–Trinajstić information content (AvgIpc) is 3.27. The van der Waals surface area contributed by atoms with Gasteiger partial charge in [-0.3, -0.25) is 4.79 Å². The number of benzene rings is 1. The lowest BCUT2D eigenvalue weighted by Gasteiger charge is -2.03. The van der Waals surface area contributed by atoms with Crippen molar-refractivity contribution in [2.24, 2.45) is 0 Å². The fourth-order valence-corrected chi connectivity index (χ4v) is 2.88. The van der Waals surface area contributed by atoms with Crippen LogP contribution in [0.3, 0.4) is 0 Å². The van der Waals surface area contributed by atoms with Crippen LogP contribution in [0.2, 0.25) is 0 Å². The summed E-state index contributed by atoms with van der Waals surface area (Å²) in [5, 5.41) is 4.01. The monoisotopic (exact) mass is 310 g/mol. The van der Waals surface area contributed by atoms with Crippen LogP contribution in [0.1, 0.15) is 27.9 Å². The first-order chi connectivity index (χ1) is 11.2. The van der Waals surface area contributed by atoms with Gasteiger partial charge < -0.3 is 8.83 Å². The maximum Gasteiger partial charge on any atom is 0.437 e. The Balaban J connectivity index is 1.58. The molecule has 0 saturated heterocycles. The van der Waals surface area contributed by atoms with Crippen LogP contribution >= 0.6 is 0 Å². The SMILES string of the molecule is O=C(Cn1nc(-c2ccco2)oc1=O)c1ccc2c(c1)CCC2. The molecular weight excluding hydrogens is 296 g/mol. The Bertz CT molecular complexity index is 918. The van der Waals surface area contributed by atoms with Crippen molar-refractivity contribution in [1.82, 2.24) is 9.78 Å². The molecule has 0 atom stereocenters. The molecule has 0 aliphatic heterocycles. The summed E-state index contributed by atoms with van der Waals surface area (Å²) >= 11 is 0. The minimum absolute atomic E-state index is 0.0711. The molecule has 4 rings (SSSR count). The maximum absolute atomic E-state index is 12.4. The molecule has 6 nitrogen and oxygen atoms in total. The number of rotatable bonds is 4. The quantitative estimate of drug-likeness (QED) is 0.692. The molecule has 3 aromatic rings. The second-order valence-corrected chi connectivity index (χ2v) is 5.57. The topological polar surface area (TPSA) is 78.2 Å². The summed E-state index contributed by atoms with van der Waals surface area (Å²) in [6.07, 6.45) is 4.66. The number of carbonyl (C=O) groups is 1. The largest absolute Gasteiger partial charge is 0.459 e. The van der Waals surface area contributed by atoms with Crippen molar-refractivity contribution in [2.75, 3.05) is 0 Å². The van der Waals surface area contributed by atoms with Gasteiger partial charge in [0.2, 0.25) is 0 Å². The van der Waals surface area contributed by atoms with E-state index in [1.54, 1.807) is 12.1 Å². The van der Waals surface area contributed by atoms with Crippen LogP contribution in [0.25, 0.3) is 11.7 Å². The molecule has 0 radical (unpaired) electrons. The van der Waals surface area contributed by atoms with E-state index in [4.69, 9.17) is 8.83 Å². The molecule has 1 aliphatic rings. The predicted octanol–water partition coefficient (Wildman–Crippen LogP) is 2.47. The average molecular weight is 310 g/mol. The summed E-state index contributed by atoms with van der Waals surface area (Å²) in [5.41, 5.74) is 3.12. The molecule has 0 fully saturated rings. The number of aryl methyl sites for hydroxylation is 2. The van der Waals surface area contributed by atoms with Gasteiger partial charge in [0.05, 0.1) is 6.26 Å². The Hall–Kier alpha value is -2.89. The molecule has 2 heterocycles. The fraction of sp³-hybridized carbons (Fsp3) is 0.235. The second-order valence-electron chi connectivity index (χ2n) is 5.57. The zero-order chi connectivity index (χ0) is 15.8. The number of Topliss-reactive ketones (excluding diaryl/α,β-unsaturated/α-hetero) is 1. The molecule has 1 aromatic carbocycles. The van der Waals surface area contributed by atoms with Crippen molar-refractivity contribution < 1.29 is 13.6 Å². The van der Waals surface area contributed by atoms with Crippen LogP contribution in [0.15, 0.2) is 50.2 Å². The molecule has 0 amide bonds. The van der Waals surface area contributed by atoms with E-state index in [1.165, 1.54) is 17.4 Å². The minimum Gasteiger partial charge on any atom is -0.459 e. The Kier molecular flexibility index (Phi) is 3.22. The van der Waals surface area contributed by atoms with Crippen molar-refractivity contribution >= 4 is 5.78 Å². The number of fused-ring (bicyclic) bond motifs is 1. The van der Waals surface area contributed by atoms with Gasteiger partial charge >= 0.3 is 5.76 Å². The van der Waals surface area contributed by atoms with Crippen molar-refractivity contribution in [3.8, 4) is 11.7 Å². The van der Waals surface area contributed by atoms with Crippen molar-refractivity contribution in [1.29, 1.82) is 0 Å². The van der Waals surface area contributed by atoms with Crippen molar-refractivity contribution in [2.45, 2.75) is 25.8 Å². The van der Waals surface area contributed by atoms with E-state index < -0.39 is 5.76 Å². The highest BCUT2D eigenvalue weighted by molar-refractivity contribution is 5.96. The number of ketones is 1. The van der Waals surface area contributed by atoms with E-state index in [1.807, 2.05) is 18.2 Å². The Morgan fingerprint density at radius 2 is 2.09 bits per heavy atom. The summed E-state index contributed by atoms with van der Waals surface area (Å²) in [6.45, 7) is -0.151. The van der Waals surface area contributed by atoms with Crippen LogP contribution in [-0.4, -0.2) is 15.6 Å². The summed E-state index contributed by atoms with van der Waals surface area (Å²) in [7, 11) is 0. The summed E-state index contributed by atoms with van der Waals surface area (Å²) in [5.74, 6) is -0.417. The maximum atomic E-state index is 12.4. The Morgan fingerprint density at radius 3 is 2.91 bits per heavy atom. The van der Waals surface area contributed by atoms with Crippen LogP contribution < -0.4 is 5.76 Å². The molecule has 0 saturated carbocycles. The molecule has 0 spiro atoms. The van der Waals surface area contributed by atoms with Gasteiger partial charge in [0, 0.05) is 5.56 Å². The molecule has 0 N–H and O–H groups in total. The van der Waals surface area contributed by atoms with Gasteiger partial charge in [0.15, 0.2) is 11.5 Å². The summed E-state index contributed by atoms with van der Waals surface area (Å²) < 4.78 is 11.2. The van der Waals surface area contributed by atoms with Crippen LogP contribution in [-0.2, 0) is 19.4 Å². The number of hydrogen-bond acceptors (Lipinski definition) is 5. The first kappa shape index (κ1) is 13.8. The van der Waals surface area contributed by atoms with Gasteiger partial charge in [-0.2, -0.15) is 4.68 Å². The third-order valence-electron chi connectivity index (χ3n) is 4.05. The van der Waals surface area contributed by atoms with E-state index >= 15 is 0 Å². The molecule has 1 aliphatic carbocycles. The van der Waals surface area contributed by atoms with Crippen LogP contribution in [0, 0.1) is 0 Å². The van der Waals surface area contributed by atoms with Gasteiger partial charge in [-0.15, -0.1) is 5.10 Å². The molecule has 0 unspecified atom stereocenters. The highest BCUT2D eigenvalue weighted by Gasteiger charge is 2.18. The Labute approximate surface area is 131 Å². The summed E-state index contributed by atoms with van der Waals surface area (Å²) in [4.78, 5) is 24.2. The van der Waals surface area contributed by atoms with Gasteiger partial charge in [-0.25, -0.2) is 4.79 Å². The lowest BCUT2D eigenvalue weighted by Crippen LogP contribution is -2.21. The number of furan rings is 1. The first-order valence-electron chi connectivity index (χ1n) is 7.47. The van der Waals surface area contributed by atoms with Crippen molar-refractivity contribution in [3.05, 3.63) is 63.8 Å². The number of aromatic nitrogens is 2. The van der Waals surface area contributed by atoms with Crippen LogP contribution in [0.4, 0.5) is 0 Å². The predicted molar refractivity (Wildman–Crippen MR) is 81.3 cm³/mol. The zero-order valence-corrected chi connectivity index (χ0v) is 12.3. The molecule has 116 valence electrons. The molecule has 2 aromatic heterocycles. The number of hydrogen-bond donors (Lipinski definition) is 0. The zero-order valence-electron chi connectivity index (χ0n) is 12.3. The van der Waals surface area contributed by atoms with E-state index in [9.17, 15) is 9.59 Å². The minimum atomic E-state index is -0.675.